The lowest BCUT2D eigenvalue weighted by atomic mass is 9.96. The SMILES string of the molecule is CNCc1ccc(N2CCC(CO)CC2)c(C)c1. The summed E-state index contributed by atoms with van der Waals surface area (Å²) in [7, 11) is 1.98. The van der Waals surface area contributed by atoms with Crippen LogP contribution in [0.5, 0.6) is 0 Å². The van der Waals surface area contributed by atoms with E-state index in [0.29, 0.717) is 12.5 Å². The highest BCUT2D eigenvalue weighted by atomic mass is 16.3. The van der Waals surface area contributed by atoms with Gasteiger partial charge in [0.15, 0.2) is 0 Å². The predicted molar refractivity (Wildman–Crippen MR) is 76.0 cm³/mol. The Labute approximate surface area is 110 Å². The number of aryl methyl sites for hydroxylation is 1. The van der Waals surface area contributed by atoms with Crippen molar-refractivity contribution in [2.45, 2.75) is 26.3 Å². The predicted octanol–water partition coefficient (Wildman–Crippen LogP) is 1.92. The van der Waals surface area contributed by atoms with Gasteiger partial charge >= 0.3 is 0 Å². The highest BCUT2D eigenvalue weighted by molar-refractivity contribution is 5.54. The molecule has 1 heterocycles. The fourth-order valence-corrected chi connectivity index (χ4v) is 2.74. The van der Waals surface area contributed by atoms with Gasteiger partial charge in [0.05, 0.1) is 0 Å². The number of anilines is 1. The molecule has 1 fully saturated rings. The standard InChI is InChI=1S/C15H24N2O/c1-12-9-14(10-16-2)3-4-15(12)17-7-5-13(11-18)6-8-17/h3-4,9,13,16,18H,5-8,10-11H2,1-2H3. The van der Waals surface area contributed by atoms with Crippen LogP contribution in [-0.4, -0.2) is 31.9 Å². The molecule has 0 unspecified atom stereocenters. The van der Waals surface area contributed by atoms with Crippen LogP contribution in [0.15, 0.2) is 18.2 Å². The van der Waals surface area contributed by atoms with Gasteiger partial charge in [-0.15, -0.1) is 0 Å². The lowest BCUT2D eigenvalue weighted by Crippen LogP contribution is -2.35. The third kappa shape index (κ3) is 3.03. The molecule has 3 nitrogen and oxygen atoms in total. The second kappa shape index (κ2) is 6.21. The summed E-state index contributed by atoms with van der Waals surface area (Å²) in [6.45, 7) is 5.59. The van der Waals surface area contributed by atoms with E-state index in [1.807, 2.05) is 7.05 Å². The molecule has 0 radical (unpaired) electrons. The number of nitrogens with one attached hydrogen (secondary N) is 1. The molecule has 18 heavy (non-hydrogen) atoms. The van der Waals surface area contributed by atoms with Crippen molar-refractivity contribution in [1.29, 1.82) is 0 Å². The van der Waals surface area contributed by atoms with Crippen molar-refractivity contribution in [3.63, 3.8) is 0 Å². The Morgan fingerprint density at radius 3 is 2.61 bits per heavy atom. The first kappa shape index (κ1) is 13.4. The van der Waals surface area contributed by atoms with Crippen molar-refractivity contribution in [1.82, 2.24) is 5.32 Å². The minimum atomic E-state index is 0.341. The largest absolute Gasteiger partial charge is 0.396 e. The zero-order valence-corrected chi connectivity index (χ0v) is 11.4. The molecule has 0 aliphatic carbocycles. The first-order valence-electron chi connectivity index (χ1n) is 6.84. The average Bonchev–Trinajstić information content (AvgIpc) is 2.40. The number of aliphatic hydroxyl groups excluding tert-OH is 1. The first-order valence-corrected chi connectivity index (χ1v) is 6.84. The third-order valence-electron chi connectivity index (χ3n) is 3.86. The summed E-state index contributed by atoms with van der Waals surface area (Å²) in [5.41, 5.74) is 4.04. The topological polar surface area (TPSA) is 35.5 Å². The highest BCUT2D eigenvalue weighted by Crippen LogP contribution is 2.26. The van der Waals surface area contributed by atoms with Gasteiger partial charge in [-0.1, -0.05) is 12.1 Å². The summed E-state index contributed by atoms with van der Waals surface area (Å²) in [4.78, 5) is 2.45. The monoisotopic (exact) mass is 248 g/mol. The van der Waals surface area contributed by atoms with Gasteiger partial charge in [-0.3, -0.25) is 0 Å². The van der Waals surface area contributed by atoms with Crippen LogP contribution in [0.25, 0.3) is 0 Å². The van der Waals surface area contributed by atoms with E-state index >= 15 is 0 Å². The van der Waals surface area contributed by atoms with Gasteiger partial charge in [-0.05, 0) is 49.9 Å². The molecule has 0 saturated carbocycles. The quantitative estimate of drug-likeness (QED) is 0.854. The molecule has 0 spiro atoms. The van der Waals surface area contributed by atoms with Crippen molar-refractivity contribution in [3.8, 4) is 0 Å². The van der Waals surface area contributed by atoms with Crippen LogP contribution >= 0.6 is 0 Å². The van der Waals surface area contributed by atoms with Crippen LogP contribution in [0.1, 0.15) is 24.0 Å². The van der Waals surface area contributed by atoms with Crippen molar-refractivity contribution in [3.05, 3.63) is 29.3 Å². The number of benzene rings is 1. The second-order valence-corrected chi connectivity index (χ2v) is 5.26. The van der Waals surface area contributed by atoms with Crippen LogP contribution in [0, 0.1) is 12.8 Å². The Bertz CT molecular complexity index is 384. The highest BCUT2D eigenvalue weighted by Gasteiger charge is 2.19. The van der Waals surface area contributed by atoms with E-state index < -0.39 is 0 Å². The van der Waals surface area contributed by atoms with Crippen LogP contribution in [0.2, 0.25) is 0 Å². The molecule has 1 saturated heterocycles. The molecule has 1 aromatic rings. The van der Waals surface area contributed by atoms with Crippen molar-refractivity contribution in [2.75, 3.05) is 31.6 Å². The second-order valence-electron chi connectivity index (χ2n) is 5.26. The van der Waals surface area contributed by atoms with E-state index in [4.69, 9.17) is 0 Å². The van der Waals surface area contributed by atoms with Crippen molar-refractivity contribution < 1.29 is 5.11 Å². The smallest absolute Gasteiger partial charge is 0.0460 e. The van der Waals surface area contributed by atoms with Gasteiger partial charge in [0.25, 0.3) is 0 Å². The molecule has 100 valence electrons. The molecular weight excluding hydrogens is 224 g/mol. The summed E-state index contributed by atoms with van der Waals surface area (Å²) in [6, 6.07) is 6.71. The van der Waals surface area contributed by atoms with E-state index in [-0.39, 0.29) is 0 Å². The van der Waals surface area contributed by atoms with Crippen LogP contribution in [0.4, 0.5) is 5.69 Å². The van der Waals surface area contributed by atoms with E-state index in [1.165, 1.54) is 16.8 Å². The lowest BCUT2D eigenvalue weighted by Gasteiger charge is -2.34. The summed E-state index contributed by atoms with van der Waals surface area (Å²) in [6.07, 6.45) is 2.21. The van der Waals surface area contributed by atoms with Crippen LogP contribution < -0.4 is 10.2 Å². The van der Waals surface area contributed by atoms with Crippen LogP contribution in [-0.2, 0) is 6.54 Å². The number of hydrogen-bond acceptors (Lipinski definition) is 3. The fraction of sp³-hybridized carbons (Fsp3) is 0.600. The molecule has 0 amide bonds. The minimum Gasteiger partial charge on any atom is -0.396 e. The Hall–Kier alpha value is -1.06. The maximum atomic E-state index is 9.17. The Morgan fingerprint density at radius 1 is 1.33 bits per heavy atom. The fourth-order valence-electron chi connectivity index (χ4n) is 2.74. The van der Waals surface area contributed by atoms with Gasteiger partial charge < -0.3 is 15.3 Å². The minimum absolute atomic E-state index is 0.341. The molecule has 0 aromatic heterocycles. The molecule has 1 aliphatic rings. The summed E-state index contributed by atoms with van der Waals surface area (Å²) >= 11 is 0. The maximum absolute atomic E-state index is 9.17. The molecule has 3 heteroatoms. The average molecular weight is 248 g/mol. The number of aliphatic hydroxyl groups is 1. The Morgan fingerprint density at radius 2 is 2.06 bits per heavy atom. The zero-order valence-electron chi connectivity index (χ0n) is 11.4. The molecule has 1 aliphatic heterocycles. The molecule has 1 aromatic carbocycles. The summed E-state index contributed by atoms with van der Waals surface area (Å²) < 4.78 is 0. The van der Waals surface area contributed by atoms with Gasteiger partial charge in [0.1, 0.15) is 0 Å². The van der Waals surface area contributed by atoms with Crippen molar-refractivity contribution >= 4 is 5.69 Å². The zero-order chi connectivity index (χ0) is 13.0. The first-order chi connectivity index (χ1) is 8.74. The van der Waals surface area contributed by atoms with Gasteiger partial charge in [0.2, 0.25) is 0 Å². The normalized spacial score (nSPS) is 17.2. The lowest BCUT2D eigenvalue weighted by molar-refractivity contribution is 0.203. The Kier molecular flexibility index (Phi) is 4.61. The summed E-state index contributed by atoms with van der Waals surface area (Å²) in [5, 5.41) is 12.4. The van der Waals surface area contributed by atoms with Crippen molar-refractivity contribution in [2.24, 2.45) is 5.92 Å². The van der Waals surface area contributed by atoms with E-state index in [9.17, 15) is 5.11 Å². The maximum Gasteiger partial charge on any atom is 0.0460 e. The Balaban J connectivity index is 2.05. The molecule has 2 N–H and O–H groups in total. The van der Waals surface area contributed by atoms with E-state index in [2.05, 4.69) is 35.3 Å². The van der Waals surface area contributed by atoms with E-state index in [0.717, 1.165) is 32.5 Å². The molecule has 0 bridgehead atoms. The number of hydrogen-bond donors (Lipinski definition) is 2. The van der Waals surface area contributed by atoms with Gasteiger partial charge in [-0.25, -0.2) is 0 Å². The number of nitrogens with zero attached hydrogens (tertiary/aromatic N) is 1. The van der Waals surface area contributed by atoms with E-state index in [1.54, 1.807) is 0 Å². The van der Waals surface area contributed by atoms with Gasteiger partial charge in [0, 0.05) is 31.9 Å². The third-order valence-corrected chi connectivity index (χ3v) is 3.86. The molecule has 0 atom stereocenters. The summed E-state index contributed by atoms with van der Waals surface area (Å²) in [5.74, 6) is 0.505. The number of rotatable bonds is 4. The molecular formula is C15H24N2O. The van der Waals surface area contributed by atoms with Gasteiger partial charge in [-0.2, -0.15) is 0 Å². The van der Waals surface area contributed by atoms with Crippen LogP contribution in [0.3, 0.4) is 0 Å². The number of piperidine rings is 1. The molecule has 2 rings (SSSR count).